The van der Waals surface area contributed by atoms with Gasteiger partial charge in [0.2, 0.25) is 0 Å². The molecule has 0 aromatic rings. The van der Waals surface area contributed by atoms with Crippen molar-refractivity contribution >= 4 is 20.6 Å². The van der Waals surface area contributed by atoms with Crippen molar-refractivity contribution in [2.24, 2.45) is 5.73 Å². The molecule has 0 aromatic heterocycles. The number of carbonyl (C=O) groups excluding carboxylic acids is 2. The average molecular weight is 434 g/mol. The summed E-state index contributed by atoms with van der Waals surface area (Å²) in [5.41, 5.74) is 5.44. The summed E-state index contributed by atoms with van der Waals surface area (Å²) >= 11 is 0. The van der Waals surface area contributed by atoms with Crippen molar-refractivity contribution in [2.75, 3.05) is 19.8 Å². The van der Waals surface area contributed by atoms with Crippen LogP contribution in [0.5, 0.6) is 0 Å². The highest BCUT2D eigenvalue weighted by Crippen LogP contribution is 2.11. The van der Waals surface area contributed by atoms with Crippen LogP contribution in [0.2, 0.25) is 0 Å². The fourth-order valence-electron chi connectivity index (χ4n) is 2.90. The first-order valence-electron chi connectivity index (χ1n) is 11.1. The van der Waals surface area contributed by atoms with Crippen molar-refractivity contribution in [1.82, 2.24) is 0 Å². The third-order valence-corrected chi connectivity index (χ3v) is 4.87. The Morgan fingerprint density at radius 3 is 1.93 bits per heavy atom. The molecule has 0 unspecified atom stereocenters. The van der Waals surface area contributed by atoms with Crippen molar-refractivity contribution in [1.29, 1.82) is 0 Å². The van der Waals surface area contributed by atoms with Crippen LogP contribution in [0, 0.1) is 0 Å². The summed E-state index contributed by atoms with van der Waals surface area (Å²) in [6.07, 6.45) is 12.6. The Hall–Kier alpha value is -1.04. The maximum atomic E-state index is 12.0. The van der Waals surface area contributed by atoms with Crippen molar-refractivity contribution in [3.05, 3.63) is 0 Å². The van der Waals surface area contributed by atoms with Gasteiger partial charge >= 0.3 is 20.6 Å². The topological polar surface area (TPSA) is 105 Å². The molecule has 0 saturated heterocycles. The van der Waals surface area contributed by atoms with E-state index >= 15 is 0 Å². The number of ether oxygens (including phenoxy) is 2. The van der Waals surface area contributed by atoms with Crippen LogP contribution in [0.4, 0.5) is 0 Å². The fourth-order valence-corrected chi connectivity index (χ4v) is 3.13. The molecular formula is C21H40NO6P. The van der Waals surface area contributed by atoms with E-state index in [0.29, 0.717) is 19.4 Å². The zero-order chi connectivity index (χ0) is 21.6. The zero-order valence-electron chi connectivity index (χ0n) is 18.1. The second-order valence-electron chi connectivity index (χ2n) is 7.34. The van der Waals surface area contributed by atoms with E-state index < -0.39 is 14.8 Å². The fraction of sp³-hybridized carbons (Fsp3) is 0.905. The van der Waals surface area contributed by atoms with Crippen molar-refractivity contribution in [3.8, 4) is 0 Å². The molecule has 0 aliphatic rings. The predicted octanol–water partition coefficient (Wildman–Crippen LogP) is 5.10. The summed E-state index contributed by atoms with van der Waals surface area (Å²) in [4.78, 5) is 23.8. The maximum Gasteiger partial charge on any atom is 0.327 e. The van der Waals surface area contributed by atoms with Crippen LogP contribution in [-0.4, -0.2) is 37.8 Å². The van der Waals surface area contributed by atoms with Gasteiger partial charge in [-0.2, -0.15) is 0 Å². The first-order valence-corrected chi connectivity index (χ1v) is 11.9. The highest BCUT2D eigenvalue weighted by atomic mass is 31.1. The van der Waals surface area contributed by atoms with Gasteiger partial charge in [0.25, 0.3) is 0 Å². The van der Waals surface area contributed by atoms with Crippen molar-refractivity contribution < 1.29 is 28.2 Å². The molecule has 1 atom stereocenters. The lowest BCUT2D eigenvalue weighted by Crippen LogP contribution is -2.28. The highest BCUT2D eigenvalue weighted by Gasteiger charge is 2.17. The van der Waals surface area contributed by atoms with E-state index in [1.54, 1.807) is 0 Å². The molecule has 0 spiro atoms. The number of unbranched alkanes of at least 4 members (excludes halogenated alkanes) is 10. The number of rotatable bonds is 21. The van der Waals surface area contributed by atoms with Crippen LogP contribution in [0.15, 0.2) is 0 Å². The lowest BCUT2D eigenvalue weighted by atomic mass is 10.1. The number of hydrogen-bond donors (Lipinski definition) is 1. The predicted molar refractivity (Wildman–Crippen MR) is 114 cm³/mol. The van der Waals surface area contributed by atoms with E-state index in [2.05, 4.69) is 6.92 Å². The largest absolute Gasteiger partial charge is 0.462 e. The lowest BCUT2D eigenvalue weighted by Gasteiger charge is -2.16. The average Bonchev–Trinajstić information content (AvgIpc) is 2.71. The third-order valence-electron chi connectivity index (χ3n) is 4.61. The summed E-state index contributed by atoms with van der Waals surface area (Å²) in [7, 11) is -0.495. The van der Waals surface area contributed by atoms with Crippen LogP contribution in [0.1, 0.15) is 96.8 Å². The first-order chi connectivity index (χ1) is 14.1. The van der Waals surface area contributed by atoms with Crippen LogP contribution in [0.25, 0.3) is 0 Å². The zero-order valence-corrected chi connectivity index (χ0v) is 19.0. The smallest absolute Gasteiger partial charge is 0.327 e. The summed E-state index contributed by atoms with van der Waals surface area (Å²) in [6, 6.07) is 0. The van der Waals surface area contributed by atoms with Gasteiger partial charge in [-0.1, -0.05) is 64.7 Å². The standard InChI is InChI=1S/C21H40NO6P/c1-2-3-4-5-6-8-12-15-21(24)28-19(18-27-29-25)17-26-20(23)14-11-9-7-10-13-16-22/h19H,2-18,22H2,1H3/t19-/m1/s1. The Balaban J connectivity index is 3.94. The molecule has 8 heteroatoms. The quantitative estimate of drug-likeness (QED) is 0.152. The minimum absolute atomic E-state index is 0.0693. The van der Waals surface area contributed by atoms with Crippen LogP contribution >= 0.6 is 8.69 Å². The van der Waals surface area contributed by atoms with Gasteiger partial charge in [-0.3, -0.25) is 14.1 Å². The molecule has 0 radical (unpaired) electrons. The van der Waals surface area contributed by atoms with Gasteiger partial charge in [-0.05, 0) is 25.8 Å². The summed E-state index contributed by atoms with van der Waals surface area (Å²) in [5.74, 6) is -0.665. The highest BCUT2D eigenvalue weighted by molar-refractivity contribution is 7.17. The number of esters is 2. The molecular weight excluding hydrogens is 393 g/mol. The molecule has 0 aromatic carbocycles. The molecule has 0 aliphatic carbocycles. The molecule has 0 bridgehead atoms. The summed E-state index contributed by atoms with van der Waals surface area (Å²) in [6.45, 7) is 2.74. The Morgan fingerprint density at radius 2 is 1.34 bits per heavy atom. The Labute approximate surface area is 177 Å². The first kappa shape index (κ1) is 28.0. The van der Waals surface area contributed by atoms with E-state index in [4.69, 9.17) is 19.7 Å². The van der Waals surface area contributed by atoms with Crippen LogP contribution in [-0.2, 0) is 28.2 Å². The van der Waals surface area contributed by atoms with E-state index in [0.717, 1.165) is 51.4 Å². The van der Waals surface area contributed by atoms with E-state index in [-0.39, 0.29) is 25.2 Å². The van der Waals surface area contributed by atoms with Gasteiger partial charge in [0.1, 0.15) is 13.2 Å². The molecule has 7 nitrogen and oxygen atoms in total. The SMILES string of the molecule is CCCCCCCCCC(=O)O[C@@H](COP=O)COC(=O)CCCCCCCN. The van der Waals surface area contributed by atoms with Gasteiger partial charge in [-0.15, -0.1) is 0 Å². The van der Waals surface area contributed by atoms with Crippen molar-refractivity contribution in [3.63, 3.8) is 0 Å². The number of hydrogen-bond acceptors (Lipinski definition) is 7. The maximum absolute atomic E-state index is 12.0. The molecule has 0 aliphatic heterocycles. The molecule has 0 saturated carbocycles. The minimum atomic E-state index is -0.734. The summed E-state index contributed by atoms with van der Waals surface area (Å²) < 4.78 is 25.8. The monoisotopic (exact) mass is 433 g/mol. The van der Waals surface area contributed by atoms with Gasteiger partial charge in [0.05, 0.1) is 0 Å². The second kappa shape index (κ2) is 21.7. The lowest BCUT2D eigenvalue weighted by molar-refractivity contribution is -0.160. The van der Waals surface area contributed by atoms with Crippen molar-refractivity contribution in [2.45, 2.75) is 103 Å². The third kappa shape index (κ3) is 20.0. The van der Waals surface area contributed by atoms with E-state index in [9.17, 15) is 14.2 Å². The van der Waals surface area contributed by atoms with E-state index in [1.807, 2.05) is 0 Å². The Morgan fingerprint density at radius 1 is 0.793 bits per heavy atom. The van der Waals surface area contributed by atoms with Crippen LogP contribution < -0.4 is 5.73 Å². The Kier molecular flexibility index (Phi) is 20.9. The number of carbonyl (C=O) groups is 2. The molecule has 0 rings (SSSR count). The molecule has 170 valence electrons. The van der Waals surface area contributed by atoms with E-state index in [1.165, 1.54) is 25.7 Å². The minimum Gasteiger partial charge on any atom is -0.462 e. The molecule has 2 N–H and O–H groups in total. The van der Waals surface area contributed by atoms with Gasteiger partial charge in [-0.25, -0.2) is 4.57 Å². The summed E-state index contributed by atoms with van der Waals surface area (Å²) in [5, 5.41) is 0. The normalized spacial score (nSPS) is 12.1. The van der Waals surface area contributed by atoms with Gasteiger partial charge in [0, 0.05) is 12.8 Å². The van der Waals surface area contributed by atoms with Crippen LogP contribution in [0.3, 0.4) is 0 Å². The number of nitrogens with two attached hydrogens (primary N) is 1. The van der Waals surface area contributed by atoms with Gasteiger partial charge < -0.3 is 15.2 Å². The second-order valence-corrected chi connectivity index (χ2v) is 7.75. The molecule has 0 fully saturated rings. The molecule has 29 heavy (non-hydrogen) atoms. The molecule has 0 amide bonds. The van der Waals surface area contributed by atoms with Gasteiger partial charge in [0.15, 0.2) is 6.10 Å². The Bertz CT molecular complexity index is 422. The molecule has 0 heterocycles.